The molecule has 5 nitrogen and oxygen atoms in total. The van der Waals surface area contributed by atoms with Gasteiger partial charge in [0.2, 0.25) is 6.54 Å². The van der Waals surface area contributed by atoms with Gasteiger partial charge in [0, 0.05) is 4.92 Å². The van der Waals surface area contributed by atoms with E-state index in [0.717, 1.165) is 12.8 Å². The molecule has 3 saturated carbocycles. The van der Waals surface area contributed by atoms with Gasteiger partial charge in [-0.1, -0.05) is 13.3 Å². The van der Waals surface area contributed by atoms with E-state index in [1.165, 1.54) is 19.3 Å². The van der Waals surface area contributed by atoms with Crippen LogP contribution in [-0.2, 0) is 9.53 Å². The molecule has 0 N–H and O–H groups in total. The standard InChI is InChI=1S/C18H29NO4/c1-5-17-8-6-12-15(17)13(7-9-17)18(12,11-19(21)22)10-14(20)23-16(2,3)4/h12-13,15H,5-11H2,1-4H3/t12-,13+,15+,17-,18-. The number of ether oxygens (including phenoxy) is 1. The van der Waals surface area contributed by atoms with E-state index in [9.17, 15) is 14.9 Å². The van der Waals surface area contributed by atoms with E-state index in [1.54, 1.807) is 0 Å². The van der Waals surface area contributed by atoms with E-state index in [0.29, 0.717) is 23.2 Å². The van der Waals surface area contributed by atoms with Crippen LogP contribution < -0.4 is 0 Å². The molecule has 5 atom stereocenters. The molecule has 5 heteroatoms. The molecule has 3 aliphatic carbocycles. The van der Waals surface area contributed by atoms with Gasteiger partial charge in [0.05, 0.1) is 11.8 Å². The summed E-state index contributed by atoms with van der Waals surface area (Å²) in [6, 6.07) is 0. The van der Waals surface area contributed by atoms with E-state index in [4.69, 9.17) is 4.74 Å². The maximum Gasteiger partial charge on any atom is 0.307 e. The number of hydrogen-bond donors (Lipinski definition) is 0. The summed E-state index contributed by atoms with van der Waals surface area (Å²) in [4.78, 5) is 23.6. The molecule has 3 rings (SSSR count). The van der Waals surface area contributed by atoms with Gasteiger partial charge in [-0.3, -0.25) is 14.9 Å². The van der Waals surface area contributed by atoms with Gasteiger partial charge in [0.25, 0.3) is 0 Å². The number of rotatable bonds is 5. The van der Waals surface area contributed by atoms with Crippen molar-refractivity contribution in [3.05, 3.63) is 10.1 Å². The molecule has 0 aromatic heterocycles. The Hall–Kier alpha value is -1.13. The van der Waals surface area contributed by atoms with E-state index in [1.807, 2.05) is 20.8 Å². The molecule has 0 aromatic rings. The van der Waals surface area contributed by atoms with Crippen LogP contribution in [0.1, 0.15) is 66.2 Å². The van der Waals surface area contributed by atoms with E-state index in [-0.39, 0.29) is 23.9 Å². The fraction of sp³-hybridized carbons (Fsp3) is 0.944. The summed E-state index contributed by atoms with van der Waals surface area (Å²) in [5.41, 5.74) is -0.581. The van der Waals surface area contributed by atoms with Crippen molar-refractivity contribution in [2.45, 2.75) is 71.8 Å². The fourth-order valence-corrected chi connectivity index (χ4v) is 6.31. The molecule has 0 aliphatic heterocycles. The molecular weight excluding hydrogens is 294 g/mol. The quantitative estimate of drug-likeness (QED) is 0.438. The Kier molecular flexibility index (Phi) is 3.77. The molecule has 0 amide bonds. The smallest absolute Gasteiger partial charge is 0.307 e. The number of esters is 1. The molecular formula is C18H29NO4. The Labute approximate surface area is 138 Å². The van der Waals surface area contributed by atoms with Crippen LogP contribution in [0.2, 0.25) is 0 Å². The third-order valence-corrected chi connectivity index (χ3v) is 6.98. The highest BCUT2D eigenvalue weighted by molar-refractivity contribution is 5.71. The average Bonchev–Trinajstić information content (AvgIpc) is 2.87. The van der Waals surface area contributed by atoms with Crippen LogP contribution in [-0.4, -0.2) is 23.0 Å². The highest BCUT2D eigenvalue weighted by atomic mass is 16.6. The van der Waals surface area contributed by atoms with Gasteiger partial charge >= 0.3 is 5.97 Å². The summed E-state index contributed by atoms with van der Waals surface area (Å²) in [5.74, 6) is 1.02. The van der Waals surface area contributed by atoms with Gasteiger partial charge in [-0.05, 0) is 69.6 Å². The van der Waals surface area contributed by atoms with Gasteiger partial charge in [0.1, 0.15) is 5.60 Å². The highest BCUT2D eigenvalue weighted by Gasteiger charge is 2.74. The second kappa shape index (κ2) is 5.18. The molecule has 3 fully saturated rings. The van der Waals surface area contributed by atoms with E-state index < -0.39 is 11.0 Å². The molecule has 0 aromatic carbocycles. The zero-order chi connectivity index (χ0) is 17.0. The van der Waals surface area contributed by atoms with Crippen LogP contribution in [0.4, 0.5) is 0 Å². The van der Waals surface area contributed by atoms with Crippen molar-refractivity contribution in [1.82, 2.24) is 0 Å². The van der Waals surface area contributed by atoms with E-state index >= 15 is 0 Å². The average molecular weight is 323 g/mol. The number of nitro groups is 1. The lowest BCUT2D eigenvalue weighted by Gasteiger charge is -2.57. The molecule has 3 aliphatic rings. The number of hydrogen-bond acceptors (Lipinski definition) is 4. The zero-order valence-corrected chi connectivity index (χ0v) is 14.8. The first-order valence-corrected chi connectivity index (χ1v) is 8.97. The van der Waals surface area contributed by atoms with Crippen LogP contribution in [0.25, 0.3) is 0 Å². The second-order valence-corrected chi connectivity index (χ2v) is 9.02. The first-order valence-electron chi connectivity index (χ1n) is 8.97. The molecule has 130 valence electrons. The summed E-state index contributed by atoms with van der Waals surface area (Å²) in [6.07, 6.45) is 5.85. The maximum atomic E-state index is 12.4. The second-order valence-electron chi connectivity index (χ2n) is 9.02. The molecule has 0 bridgehead atoms. The van der Waals surface area contributed by atoms with Crippen molar-refractivity contribution in [2.75, 3.05) is 6.54 Å². The first kappa shape index (κ1) is 16.7. The Balaban J connectivity index is 1.83. The Morgan fingerprint density at radius 1 is 1.26 bits per heavy atom. The predicted molar refractivity (Wildman–Crippen MR) is 86.4 cm³/mol. The highest BCUT2D eigenvalue weighted by Crippen LogP contribution is 2.77. The number of carbonyl (C=O) groups excluding carboxylic acids is 1. The summed E-state index contributed by atoms with van der Waals surface area (Å²) in [7, 11) is 0. The van der Waals surface area contributed by atoms with Crippen molar-refractivity contribution in [3.8, 4) is 0 Å². The minimum absolute atomic E-state index is 0.0716. The number of nitrogens with zero attached hydrogens (tertiary/aromatic N) is 1. The van der Waals surface area contributed by atoms with E-state index in [2.05, 4.69) is 6.92 Å². The Bertz CT molecular complexity index is 506. The summed E-state index contributed by atoms with van der Waals surface area (Å²) in [5, 5.41) is 11.3. The van der Waals surface area contributed by atoms with Crippen LogP contribution in [0, 0.1) is 38.7 Å². The minimum atomic E-state index is -0.533. The molecule has 0 saturated heterocycles. The van der Waals surface area contributed by atoms with Gasteiger partial charge in [-0.15, -0.1) is 0 Å². The van der Waals surface area contributed by atoms with Crippen molar-refractivity contribution in [3.63, 3.8) is 0 Å². The van der Waals surface area contributed by atoms with Crippen LogP contribution in [0.15, 0.2) is 0 Å². The van der Waals surface area contributed by atoms with Crippen LogP contribution in [0.5, 0.6) is 0 Å². The Morgan fingerprint density at radius 2 is 1.83 bits per heavy atom. The normalized spacial score (nSPS) is 41.3. The molecule has 0 heterocycles. The lowest BCUT2D eigenvalue weighted by Crippen LogP contribution is -2.59. The van der Waals surface area contributed by atoms with Gasteiger partial charge in [0.15, 0.2) is 0 Å². The van der Waals surface area contributed by atoms with Crippen molar-refractivity contribution < 1.29 is 14.5 Å². The van der Waals surface area contributed by atoms with Crippen molar-refractivity contribution >= 4 is 5.97 Å². The fourth-order valence-electron chi connectivity index (χ4n) is 6.31. The summed E-state index contributed by atoms with van der Waals surface area (Å²) in [6.45, 7) is 7.73. The molecule has 23 heavy (non-hydrogen) atoms. The first-order chi connectivity index (χ1) is 10.6. The predicted octanol–water partition coefficient (Wildman–Crippen LogP) is 3.83. The lowest BCUT2D eigenvalue weighted by atomic mass is 9.45. The summed E-state index contributed by atoms with van der Waals surface area (Å²) < 4.78 is 5.50. The maximum absolute atomic E-state index is 12.4. The van der Waals surface area contributed by atoms with Crippen molar-refractivity contribution in [2.24, 2.45) is 28.6 Å². The largest absolute Gasteiger partial charge is 0.460 e. The SMILES string of the molecule is CC[C@]12CC[C@@H]3[C@H]1[C@H](CC2)[C@]3(CC(=O)OC(C)(C)C)C[N+](=O)[O-]. The minimum Gasteiger partial charge on any atom is -0.460 e. The van der Waals surface area contributed by atoms with Crippen molar-refractivity contribution in [1.29, 1.82) is 0 Å². The number of carbonyl (C=O) groups is 1. The Morgan fingerprint density at radius 3 is 2.26 bits per heavy atom. The lowest BCUT2D eigenvalue weighted by molar-refractivity contribution is -0.511. The van der Waals surface area contributed by atoms with Crippen LogP contribution >= 0.6 is 0 Å². The third kappa shape index (κ3) is 2.47. The third-order valence-electron chi connectivity index (χ3n) is 6.98. The molecule has 0 spiro atoms. The summed E-state index contributed by atoms with van der Waals surface area (Å²) >= 11 is 0. The molecule has 0 radical (unpaired) electrons. The topological polar surface area (TPSA) is 69.4 Å². The van der Waals surface area contributed by atoms with Crippen LogP contribution in [0.3, 0.4) is 0 Å². The zero-order valence-electron chi connectivity index (χ0n) is 14.8. The van der Waals surface area contributed by atoms with Gasteiger partial charge in [-0.25, -0.2) is 0 Å². The monoisotopic (exact) mass is 323 g/mol. The van der Waals surface area contributed by atoms with Gasteiger partial charge < -0.3 is 4.74 Å². The molecule has 0 unspecified atom stereocenters. The van der Waals surface area contributed by atoms with Gasteiger partial charge in [-0.2, -0.15) is 0 Å².